The summed E-state index contributed by atoms with van der Waals surface area (Å²) < 4.78 is 5.87. The Hall–Kier alpha value is -1.19. The topological polar surface area (TPSA) is 49.8 Å². The van der Waals surface area contributed by atoms with Crippen LogP contribution < -0.4 is 0 Å². The summed E-state index contributed by atoms with van der Waals surface area (Å²) in [6, 6.07) is -0.435. The van der Waals surface area contributed by atoms with Crippen LogP contribution in [0.15, 0.2) is 12.0 Å². The van der Waals surface area contributed by atoms with Gasteiger partial charge in [-0.05, 0) is 46.1 Å². The van der Waals surface area contributed by atoms with Crippen molar-refractivity contribution in [2.24, 2.45) is 0 Å². The van der Waals surface area contributed by atoms with E-state index in [4.69, 9.17) is 4.74 Å². The third-order valence-corrected chi connectivity index (χ3v) is 2.61. The lowest BCUT2D eigenvalue weighted by atomic mass is 10.2. The first kappa shape index (κ1) is 13.9. The fourth-order valence-electron chi connectivity index (χ4n) is 1.99. The zero-order chi connectivity index (χ0) is 13.1. The van der Waals surface area contributed by atoms with Crippen LogP contribution in [0.5, 0.6) is 0 Å². The third-order valence-electron chi connectivity index (χ3n) is 2.61. The van der Waals surface area contributed by atoms with Gasteiger partial charge in [0, 0.05) is 6.54 Å². The Morgan fingerprint density at radius 3 is 2.65 bits per heavy atom. The minimum Gasteiger partial charge on any atom is -0.480 e. The van der Waals surface area contributed by atoms with Crippen LogP contribution >= 0.6 is 0 Å². The Bertz CT molecular complexity index is 304. The van der Waals surface area contributed by atoms with Crippen molar-refractivity contribution in [1.29, 1.82) is 0 Å². The summed E-state index contributed by atoms with van der Waals surface area (Å²) in [5.74, 6) is -0.0492. The van der Waals surface area contributed by atoms with Crippen LogP contribution in [0.4, 0.5) is 0 Å². The number of hydrogen-bond acceptors (Lipinski definition) is 3. The van der Waals surface area contributed by atoms with E-state index in [9.17, 15) is 9.90 Å². The van der Waals surface area contributed by atoms with Gasteiger partial charge in [-0.25, -0.2) is 4.79 Å². The second-order valence-corrected chi connectivity index (χ2v) is 5.35. The van der Waals surface area contributed by atoms with Gasteiger partial charge in [-0.15, -0.1) is 0 Å². The van der Waals surface area contributed by atoms with Gasteiger partial charge in [0.15, 0.2) is 5.88 Å². The highest BCUT2D eigenvalue weighted by atomic mass is 16.5. The average Bonchev–Trinajstić information content (AvgIpc) is 2.62. The van der Waals surface area contributed by atoms with Crippen molar-refractivity contribution in [3.8, 4) is 0 Å². The normalized spacial score (nSPS) is 21.8. The van der Waals surface area contributed by atoms with Crippen LogP contribution in [-0.4, -0.2) is 34.2 Å². The van der Waals surface area contributed by atoms with Crippen LogP contribution in [0.2, 0.25) is 0 Å². The Morgan fingerprint density at radius 2 is 2.18 bits per heavy atom. The second-order valence-electron chi connectivity index (χ2n) is 5.35. The first-order valence-corrected chi connectivity index (χ1v) is 6.23. The lowest BCUT2D eigenvalue weighted by Crippen LogP contribution is -2.38. The summed E-state index contributed by atoms with van der Waals surface area (Å²) in [5.41, 5.74) is -0.299. The minimum atomic E-state index is -0.762. The minimum absolute atomic E-state index is 0.299. The molecule has 0 aromatic rings. The number of nitrogens with zero attached hydrogens (tertiary/aromatic N) is 1. The van der Waals surface area contributed by atoms with Crippen LogP contribution in [0.25, 0.3) is 0 Å². The van der Waals surface area contributed by atoms with Gasteiger partial charge < -0.3 is 14.7 Å². The average molecular weight is 241 g/mol. The Morgan fingerprint density at radius 1 is 1.53 bits per heavy atom. The monoisotopic (exact) mass is 241 g/mol. The zero-order valence-electron chi connectivity index (χ0n) is 11.2. The van der Waals surface area contributed by atoms with Crippen molar-refractivity contribution >= 4 is 5.97 Å². The smallest absolute Gasteiger partial charge is 0.326 e. The van der Waals surface area contributed by atoms with Crippen LogP contribution in [-0.2, 0) is 9.53 Å². The Kier molecular flexibility index (Phi) is 4.43. The molecule has 1 aliphatic rings. The van der Waals surface area contributed by atoms with Crippen molar-refractivity contribution in [2.45, 2.75) is 58.6 Å². The highest BCUT2D eigenvalue weighted by molar-refractivity contribution is 5.74. The molecule has 0 aliphatic carbocycles. The summed E-state index contributed by atoms with van der Waals surface area (Å²) in [6.45, 7) is 8.71. The molecule has 4 heteroatoms. The van der Waals surface area contributed by atoms with Crippen molar-refractivity contribution < 1.29 is 14.6 Å². The van der Waals surface area contributed by atoms with Crippen molar-refractivity contribution in [1.82, 2.24) is 4.90 Å². The molecule has 0 radical (unpaired) electrons. The van der Waals surface area contributed by atoms with Gasteiger partial charge in [0.1, 0.15) is 11.6 Å². The zero-order valence-corrected chi connectivity index (χ0v) is 11.2. The van der Waals surface area contributed by atoms with E-state index in [0.29, 0.717) is 12.3 Å². The van der Waals surface area contributed by atoms with E-state index in [1.54, 1.807) is 0 Å². The standard InChI is InChI=1S/C13H23NO3/c1-5-7-11(17-13(2,3)4)14-9-6-8-10(14)12(15)16/h7,10H,5-6,8-9H2,1-4H3,(H,15,16)/b11-7-. The molecule has 1 fully saturated rings. The van der Waals surface area contributed by atoms with Crippen LogP contribution in [0, 0.1) is 0 Å². The maximum Gasteiger partial charge on any atom is 0.326 e. The van der Waals surface area contributed by atoms with E-state index in [1.165, 1.54) is 0 Å². The molecule has 0 amide bonds. The molecule has 4 nitrogen and oxygen atoms in total. The first-order valence-electron chi connectivity index (χ1n) is 6.23. The van der Waals surface area contributed by atoms with Gasteiger partial charge in [-0.2, -0.15) is 0 Å². The van der Waals surface area contributed by atoms with E-state index in [0.717, 1.165) is 19.4 Å². The summed E-state index contributed by atoms with van der Waals surface area (Å²) in [7, 11) is 0. The Balaban J connectivity index is 2.84. The molecule has 1 N–H and O–H groups in total. The molecule has 98 valence electrons. The number of allylic oxidation sites excluding steroid dienone is 1. The van der Waals surface area contributed by atoms with E-state index in [2.05, 4.69) is 0 Å². The predicted molar refractivity (Wildman–Crippen MR) is 66.6 cm³/mol. The van der Waals surface area contributed by atoms with Gasteiger partial charge in [0.05, 0.1) is 0 Å². The summed E-state index contributed by atoms with van der Waals surface area (Å²) in [5, 5.41) is 9.17. The molecule has 1 aliphatic heterocycles. The predicted octanol–water partition coefficient (Wildman–Crippen LogP) is 2.60. The van der Waals surface area contributed by atoms with E-state index in [1.807, 2.05) is 38.7 Å². The fraction of sp³-hybridized carbons (Fsp3) is 0.769. The number of aliphatic carboxylic acids is 1. The number of likely N-dealkylation sites (tertiary alicyclic amines) is 1. The second kappa shape index (κ2) is 5.43. The highest BCUT2D eigenvalue weighted by Crippen LogP contribution is 2.26. The maximum absolute atomic E-state index is 11.2. The molecule has 1 heterocycles. The quantitative estimate of drug-likeness (QED) is 0.769. The summed E-state index contributed by atoms with van der Waals surface area (Å²) in [6.07, 6.45) is 4.41. The highest BCUT2D eigenvalue weighted by Gasteiger charge is 2.33. The molecule has 1 rings (SSSR count). The van der Waals surface area contributed by atoms with Crippen LogP contribution in [0.1, 0.15) is 47.0 Å². The number of hydrogen-bond donors (Lipinski definition) is 1. The van der Waals surface area contributed by atoms with Crippen LogP contribution in [0.3, 0.4) is 0 Å². The van der Waals surface area contributed by atoms with E-state index in [-0.39, 0.29) is 5.60 Å². The number of ether oxygens (including phenoxy) is 1. The molecule has 1 saturated heterocycles. The fourth-order valence-corrected chi connectivity index (χ4v) is 1.99. The molecule has 0 saturated carbocycles. The number of carboxylic acid groups (broad SMARTS) is 1. The van der Waals surface area contributed by atoms with Gasteiger partial charge in [0.25, 0.3) is 0 Å². The van der Waals surface area contributed by atoms with Gasteiger partial charge in [0.2, 0.25) is 0 Å². The van der Waals surface area contributed by atoms with Crippen molar-refractivity contribution in [3.05, 3.63) is 12.0 Å². The summed E-state index contributed by atoms with van der Waals surface area (Å²) >= 11 is 0. The molecule has 0 aromatic carbocycles. The van der Waals surface area contributed by atoms with E-state index < -0.39 is 12.0 Å². The Labute approximate surface area is 103 Å². The maximum atomic E-state index is 11.2. The van der Waals surface area contributed by atoms with E-state index >= 15 is 0 Å². The largest absolute Gasteiger partial charge is 0.480 e. The SMILES string of the molecule is CC/C=C(\OC(C)(C)C)N1CCCC1C(=O)O. The van der Waals surface area contributed by atoms with Crippen molar-refractivity contribution in [3.63, 3.8) is 0 Å². The molecule has 0 aromatic heterocycles. The molecule has 17 heavy (non-hydrogen) atoms. The third kappa shape index (κ3) is 3.95. The van der Waals surface area contributed by atoms with Gasteiger partial charge in [-0.1, -0.05) is 6.92 Å². The summed E-state index contributed by atoms with van der Waals surface area (Å²) in [4.78, 5) is 13.0. The van der Waals surface area contributed by atoms with Gasteiger partial charge in [-0.3, -0.25) is 0 Å². The molecular weight excluding hydrogens is 218 g/mol. The number of rotatable bonds is 4. The molecule has 1 unspecified atom stereocenters. The van der Waals surface area contributed by atoms with Crippen molar-refractivity contribution in [2.75, 3.05) is 6.54 Å². The lowest BCUT2D eigenvalue weighted by Gasteiger charge is -2.32. The first-order chi connectivity index (χ1) is 7.85. The van der Waals surface area contributed by atoms with Gasteiger partial charge >= 0.3 is 5.97 Å². The molecular formula is C13H23NO3. The number of carbonyl (C=O) groups is 1. The molecule has 0 bridgehead atoms. The molecule has 1 atom stereocenters. The lowest BCUT2D eigenvalue weighted by molar-refractivity contribution is -0.143. The number of carboxylic acids is 1. The molecule has 0 spiro atoms.